The van der Waals surface area contributed by atoms with Gasteiger partial charge >= 0.3 is 0 Å². The Balaban J connectivity index is 1.90. The second-order valence-electron chi connectivity index (χ2n) is 5.57. The van der Waals surface area contributed by atoms with E-state index in [0.29, 0.717) is 12.0 Å². The molecule has 4 heteroatoms. The van der Waals surface area contributed by atoms with Crippen molar-refractivity contribution in [2.24, 2.45) is 5.92 Å². The Labute approximate surface area is 108 Å². The molecule has 1 aliphatic carbocycles. The predicted molar refractivity (Wildman–Crippen MR) is 73.7 cm³/mol. The van der Waals surface area contributed by atoms with Gasteiger partial charge in [-0.2, -0.15) is 4.37 Å². The van der Waals surface area contributed by atoms with E-state index in [1.807, 2.05) is 0 Å². The minimum absolute atomic E-state index is 0.427. The standard InChI is InChI=1S/C13H23N3S/c1-9(2)12-15-13(17-16-12)14-11-6-4-5-10(3)7-8-11/h9-11H,4-8H2,1-3H3,(H,14,15,16). The number of anilines is 1. The van der Waals surface area contributed by atoms with Gasteiger partial charge in [-0.1, -0.05) is 33.6 Å². The molecule has 96 valence electrons. The van der Waals surface area contributed by atoms with E-state index < -0.39 is 0 Å². The SMILES string of the molecule is CC1CCCC(Nc2nc(C(C)C)ns2)CC1. The van der Waals surface area contributed by atoms with Gasteiger partial charge in [0, 0.05) is 23.5 Å². The van der Waals surface area contributed by atoms with Gasteiger partial charge in [-0.15, -0.1) is 0 Å². The summed E-state index contributed by atoms with van der Waals surface area (Å²) in [5, 5.41) is 4.57. The summed E-state index contributed by atoms with van der Waals surface area (Å²) in [5.41, 5.74) is 0. The fraction of sp³-hybridized carbons (Fsp3) is 0.846. The highest BCUT2D eigenvalue weighted by Gasteiger charge is 2.17. The van der Waals surface area contributed by atoms with Crippen LogP contribution in [0.25, 0.3) is 0 Å². The molecule has 3 nitrogen and oxygen atoms in total. The molecule has 1 fully saturated rings. The van der Waals surface area contributed by atoms with Crippen molar-refractivity contribution in [3.8, 4) is 0 Å². The fourth-order valence-corrected chi connectivity index (χ4v) is 3.12. The molecule has 17 heavy (non-hydrogen) atoms. The van der Waals surface area contributed by atoms with Crippen molar-refractivity contribution in [2.45, 2.75) is 64.8 Å². The monoisotopic (exact) mass is 253 g/mol. The van der Waals surface area contributed by atoms with Crippen LogP contribution < -0.4 is 5.32 Å². The van der Waals surface area contributed by atoms with Crippen molar-refractivity contribution in [3.63, 3.8) is 0 Å². The molecule has 0 aliphatic heterocycles. The maximum atomic E-state index is 4.55. The molecule has 0 aromatic carbocycles. The summed E-state index contributed by atoms with van der Waals surface area (Å²) in [7, 11) is 0. The summed E-state index contributed by atoms with van der Waals surface area (Å²) >= 11 is 1.51. The molecular weight excluding hydrogens is 230 g/mol. The minimum atomic E-state index is 0.427. The Hall–Kier alpha value is -0.640. The van der Waals surface area contributed by atoms with Crippen LogP contribution in [0.2, 0.25) is 0 Å². The second-order valence-corrected chi connectivity index (χ2v) is 6.32. The Kier molecular flexibility index (Phi) is 4.37. The van der Waals surface area contributed by atoms with E-state index in [1.165, 1.54) is 43.6 Å². The summed E-state index contributed by atoms with van der Waals surface area (Å²) < 4.78 is 4.39. The van der Waals surface area contributed by atoms with Gasteiger partial charge in [0.05, 0.1) is 0 Å². The molecule has 0 radical (unpaired) electrons. The Morgan fingerprint density at radius 2 is 2.06 bits per heavy atom. The number of rotatable bonds is 3. The molecule has 0 spiro atoms. The van der Waals surface area contributed by atoms with Gasteiger partial charge in [0.1, 0.15) is 5.82 Å². The molecule has 0 bridgehead atoms. The summed E-state index contributed by atoms with van der Waals surface area (Å²) in [6, 6.07) is 0.605. The first-order valence-electron chi connectivity index (χ1n) is 6.75. The minimum Gasteiger partial charge on any atom is -0.358 e. The van der Waals surface area contributed by atoms with Crippen molar-refractivity contribution >= 4 is 16.7 Å². The molecule has 0 saturated heterocycles. The number of hydrogen-bond acceptors (Lipinski definition) is 4. The maximum Gasteiger partial charge on any atom is 0.202 e. The number of nitrogens with one attached hydrogen (secondary N) is 1. The molecule has 1 aliphatic rings. The van der Waals surface area contributed by atoms with Gasteiger partial charge in [0.25, 0.3) is 0 Å². The zero-order valence-electron chi connectivity index (χ0n) is 11.1. The van der Waals surface area contributed by atoms with Crippen molar-refractivity contribution in [1.29, 1.82) is 0 Å². The van der Waals surface area contributed by atoms with E-state index in [-0.39, 0.29) is 0 Å². The molecule has 1 aromatic rings. The molecule has 2 rings (SSSR count). The zero-order chi connectivity index (χ0) is 12.3. The number of hydrogen-bond donors (Lipinski definition) is 1. The quantitative estimate of drug-likeness (QED) is 0.826. The van der Waals surface area contributed by atoms with Crippen LogP contribution in [-0.4, -0.2) is 15.4 Å². The highest BCUT2D eigenvalue weighted by atomic mass is 32.1. The molecule has 2 unspecified atom stereocenters. The Morgan fingerprint density at radius 3 is 2.76 bits per heavy atom. The molecule has 1 heterocycles. The largest absolute Gasteiger partial charge is 0.358 e. The summed E-state index contributed by atoms with van der Waals surface area (Å²) in [6.45, 7) is 6.64. The second kappa shape index (κ2) is 5.80. The predicted octanol–water partition coefficient (Wildman–Crippen LogP) is 4.04. The first-order valence-corrected chi connectivity index (χ1v) is 7.52. The Morgan fingerprint density at radius 1 is 1.24 bits per heavy atom. The van der Waals surface area contributed by atoms with Crippen molar-refractivity contribution in [3.05, 3.63) is 5.82 Å². The van der Waals surface area contributed by atoms with Gasteiger partial charge in [-0.3, -0.25) is 0 Å². The maximum absolute atomic E-state index is 4.55. The van der Waals surface area contributed by atoms with Crippen LogP contribution in [0.15, 0.2) is 0 Å². The molecule has 1 N–H and O–H groups in total. The van der Waals surface area contributed by atoms with Crippen LogP contribution in [0.4, 0.5) is 5.13 Å². The molecular formula is C13H23N3S. The van der Waals surface area contributed by atoms with E-state index in [4.69, 9.17) is 0 Å². The van der Waals surface area contributed by atoms with Gasteiger partial charge in [0.15, 0.2) is 0 Å². The topological polar surface area (TPSA) is 37.8 Å². The smallest absolute Gasteiger partial charge is 0.202 e. The summed E-state index contributed by atoms with van der Waals surface area (Å²) in [5.74, 6) is 2.29. The molecule has 1 saturated carbocycles. The normalized spacial score (nSPS) is 25.9. The Bertz CT molecular complexity index is 348. The molecule has 1 aromatic heterocycles. The van der Waals surface area contributed by atoms with Gasteiger partial charge in [-0.25, -0.2) is 4.98 Å². The van der Waals surface area contributed by atoms with Crippen molar-refractivity contribution in [2.75, 3.05) is 5.32 Å². The van der Waals surface area contributed by atoms with Crippen molar-refractivity contribution in [1.82, 2.24) is 9.36 Å². The lowest BCUT2D eigenvalue weighted by molar-refractivity contribution is 0.502. The van der Waals surface area contributed by atoms with Crippen LogP contribution in [-0.2, 0) is 0 Å². The van der Waals surface area contributed by atoms with Crippen LogP contribution in [0.5, 0.6) is 0 Å². The third-order valence-electron chi connectivity index (χ3n) is 3.54. The van der Waals surface area contributed by atoms with Gasteiger partial charge in [-0.05, 0) is 25.2 Å². The lowest BCUT2D eigenvalue weighted by Gasteiger charge is -2.14. The van der Waals surface area contributed by atoms with Crippen molar-refractivity contribution < 1.29 is 0 Å². The lowest BCUT2D eigenvalue weighted by atomic mass is 10.0. The summed E-state index contributed by atoms with van der Waals surface area (Å²) in [6.07, 6.45) is 6.62. The van der Waals surface area contributed by atoms with Crippen LogP contribution in [0, 0.1) is 5.92 Å². The lowest BCUT2D eigenvalue weighted by Crippen LogP contribution is -2.18. The highest BCUT2D eigenvalue weighted by molar-refractivity contribution is 7.09. The first-order chi connectivity index (χ1) is 8.15. The van der Waals surface area contributed by atoms with Crippen LogP contribution in [0.3, 0.4) is 0 Å². The van der Waals surface area contributed by atoms with Gasteiger partial charge < -0.3 is 5.32 Å². The molecule has 2 atom stereocenters. The summed E-state index contributed by atoms with van der Waals surface area (Å²) in [4.78, 5) is 4.55. The average Bonchev–Trinajstić information content (AvgIpc) is 2.65. The van der Waals surface area contributed by atoms with Gasteiger partial charge in [0.2, 0.25) is 5.13 Å². The van der Waals surface area contributed by atoms with E-state index >= 15 is 0 Å². The zero-order valence-corrected chi connectivity index (χ0v) is 11.9. The number of nitrogens with zero attached hydrogens (tertiary/aromatic N) is 2. The molecule has 0 amide bonds. The third kappa shape index (κ3) is 3.66. The number of aromatic nitrogens is 2. The van der Waals surface area contributed by atoms with E-state index in [0.717, 1.165) is 16.9 Å². The van der Waals surface area contributed by atoms with Crippen LogP contribution in [0.1, 0.15) is 64.6 Å². The van der Waals surface area contributed by atoms with Crippen LogP contribution >= 0.6 is 11.5 Å². The first kappa shape index (κ1) is 12.8. The van der Waals surface area contributed by atoms with E-state index in [9.17, 15) is 0 Å². The third-order valence-corrected chi connectivity index (χ3v) is 4.20. The van der Waals surface area contributed by atoms with E-state index in [1.54, 1.807) is 0 Å². The fourth-order valence-electron chi connectivity index (χ4n) is 2.33. The highest BCUT2D eigenvalue weighted by Crippen LogP contribution is 2.26. The van der Waals surface area contributed by atoms with E-state index in [2.05, 4.69) is 35.4 Å². The average molecular weight is 253 g/mol.